The van der Waals surface area contributed by atoms with Crippen molar-refractivity contribution < 1.29 is 24.2 Å². The third-order valence-electron chi connectivity index (χ3n) is 6.05. The van der Waals surface area contributed by atoms with E-state index in [0.717, 1.165) is 28.7 Å². The lowest BCUT2D eigenvalue weighted by molar-refractivity contribution is -0.130. The first-order chi connectivity index (χ1) is 15.5. The van der Waals surface area contributed by atoms with Gasteiger partial charge in [0.05, 0.1) is 12.5 Å². The van der Waals surface area contributed by atoms with Gasteiger partial charge in [-0.25, -0.2) is 9.59 Å². The normalized spacial score (nSPS) is 18.6. The van der Waals surface area contributed by atoms with E-state index >= 15 is 0 Å². The summed E-state index contributed by atoms with van der Waals surface area (Å²) in [4.78, 5) is 35.4. The van der Waals surface area contributed by atoms with Gasteiger partial charge in [-0.2, -0.15) is 0 Å². The molecule has 2 aromatic carbocycles. The first-order valence-electron chi connectivity index (χ1n) is 10.7. The largest absolute Gasteiger partial charge is 0.472 e. The number of alkyl carbamates (subject to hydrolysis) is 1. The van der Waals surface area contributed by atoms with Crippen molar-refractivity contribution in [1.29, 1.82) is 0 Å². The molecule has 4 rings (SSSR count). The first-order valence-corrected chi connectivity index (χ1v) is 10.7. The van der Waals surface area contributed by atoms with Crippen LogP contribution in [0.5, 0.6) is 0 Å². The van der Waals surface area contributed by atoms with Crippen LogP contribution < -0.4 is 10.6 Å². The maximum absolute atomic E-state index is 12.5. The van der Waals surface area contributed by atoms with Crippen molar-refractivity contribution in [2.75, 3.05) is 13.2 Å². The summed E-state index contributed by atoms with van der Waals surface area (Å²) in [5.74, 6) is 2.43. The minimum atomic E-state index is -1.24. The average molecular weight is 432 g/mol. The molecule has 0 radical (unpaired) electrons. The summed E-state index contributed by atoms with van der Waals surface area (Å²) < 4.78 is 5.59. The lowest BCUT2D eigenvalue weighted by Gasteiger charge is -2.21. The Labute approximate surface area is 186 Å². The number of hydrogen-bond donors (Lipinski definition) is 3. The molecule has 0 saturated heterocycles. The number of benzene rings is 2. The topological polar surface area (TPSA) is 105 Å². The van der Waals surface area contributed by atoms with E-state index in [2.05, 4.69) is 40.8 Å². The number of hydrogen-bond acceptors (Lipinski definition) is 4. The zero-order valence-electron chi connectivity index (χ0n) is 17.5. The Hall–Kier alpha value is -3.79. The Morgan fingerprint density at radius 1 is 1.00 bits per heavy atom. The maximum atomic E-state index is 12.5. The molecule has 1 fully saturated rings. The number of rotatable bonds is 5. The highest BCUT2D eigenvalue weighted by Gasteiger charge is 2.35. The van der Waals surface area contributed by atoms with Gasteiger partial charge in [0, 0.05) is 17.9 Å². The van der Waals surface area contributed by atoms with E-state index in [9.17, 15) is 14.4 Å². The van der Waals surface area contributed by atoms with Gasteiger partial charge < -0.3 is 20.5 Å². The highest BCUT2D eigenvalue weighted by Crippen LogP contribution is 2.44. The van der Waals surface area contributed by atoms with Crippen LogP contribution in [0.1, 0.15) is 36.3 Å². The van der Waals surface area contributed by atoms with Crippen molar-refractivity contribution in [3.8, 4) is 23.0 Å². The molecular formula is C25H24N2O5. The molecule has 0 unspecified atom stereocenters. The smallest absolute Gasteiger partial charge is 0.407 e. The molecule has 0 bridgehead atoms. The molecule has 1 saturated carbocycles. The highest BCUT2D eigenvalue weighted by molar-refractivity contribution is 5.87. The number of aliphatic carboxylic acids is 1. The molecule has 0 heterocycles. The molecule has 0 aromatic heterocycles. The first kappa shape index (κ1) is 21.4. The van der Waals surface area contributed by atoms with Crippen molar-refractivity contribution in [2.45, 2.75) is 31.2 Å². The van der Waals surface area contributed by atoms with Crippen molar-refractivity contribution in [3.63, 3.8) is 0 Å². The SMILES string of the molecule is O=C(O)C#CCNC(=O)[C@@H]1CCC[C@@H]1NC(=O)OCC1c2ccccc2-c2ccccc21. The molecule has 164 valence electrons. The Morgan fingerprint density at radius 3 is 2.31 bits per heavy atom. The van der Waals surface area contributed by atoms with E-state index in [-0.39, 0.29) is 36.9 Å². The van der Waals surface area contributed by atoms with E-state index in [1.54, 1.807) is 0 Å². The van der Waals surface area contributed by atoms with E-state index in [1.165, 1.54) is 0 Å². The van der Waals surface area contributed by atoms with E-state index in [1.807, 2.05) is 30.2 Å². The number of carbonyl (C=O) groups is 3. The zero-order chi connectivity index (χ0) is 22.5. The number of carbonyl (C=O) groups excluding carboxylic acids is 2. The Bertz CT molecular complexity index is 1060. The van der Waals surface area contributed by atoms with Gasteiger partial charge >= 0.3 is 12.1 Å². The minimum absolute atomic E-state index is 0.0244. The minimum Gasteiger partial charge on any atom is -0.472 e. The fraction of sp³-hybridized carbons (Fsp3) is 0.320. The summed E-state index contributed by atoms with van der Waals surface area (Å²) in [7, 11) is 0. The quantitative estimate of drug-likeness (QED) is 0.630. The molecule has 2 aromatic rings. The molecule has 0 spiro atoms. The Kier molecular flexibility index (Phi) is 6.41. The van der Waals surface area contributed by atoms with Crippen molar-refractivity contribution in [2.24, 2.45) is 5.92 Å². The van der Waals surface area contributed by atoms with Crippen molar-refractivity contribution >= 4 is 18.0 Å². The van der Waals surface area contributed by atoms with Crippen LogP contribution in [0.2, 0.25) is 0 Å². The van der Waals surface area contributed by atoms with Crippen LogP contribution in [0.15, 0.2) is 48.5 Å². The third-order valence-corrected chi connectivity index (χ3v) is 6.05. The van der Waals surface area contributed by atoms with Crippen LogP contribution in [0.4, 0.5) is 4.79 Å². The zero-order valence-corrected chi connectivity index (χ0v) is 17.5. The van der Waals surface area contributed by atoms with E-state index in [4.69, 9.17) is 9.84 Å². The molecule has 2 aliphatic carbocycles. The van der Waals surface area contributed by atoms with Crippen LogP contribution >= 0.6 is 0 Å². The Morgan fingerprint density at radius 2 is 1.66 bits per heavy atom. The average Bonchev–Trinajstić information content (AvgIpc) is 3.37. The molecule has 3 N–H and O–H groups in total. The maximum Gasteiger partial charge on any atom is 0.407 e. The summed E-state index contributed by atoms with van der Waals surface area (Å²) in [6.45, 7) is 0.174. The lowest BCUT2D eigenvalue weighted by atomic mass is 9.98. The van der Waals surface area contributed by atoms with Crippen molar-refractivity contribution in [1.82, 2.24) is 10.6 Å². The summed E-state index contributed by atoms with van der Waals surface area (Å²) >= 11 is 0. The standard InChI is InChI=1S/C25H24N2O5/c28-23(29)13-6-14-26-24(30)20-11-5-12-22(20)27-25(31)32-15-21-18-9-3-1-7-16(18)17-8-2-4-10-19(17)21/h1-4,7-10,20-22H,5,11-12,14-15H2,(H,26,30)(H,27,31)(H,28,29)/t20-,22+/m1/s1. The fourth-order valence-electron chi connectivity index (χ4n) is 4.62. The summed E-state index contributed by atoms with van der Waals surface area (Å²) in [6, 6.07) is 15.9. The van der Waals surface area contributed by atoms with Gasteiger partial charge in [-0.15, -0.1) is 0 Å². The van der Waals surface area contributed by atoms with E-state index in [0.29, 0.717) is 12.8 Å². The molecule has 2 amide bonds. The molecule has 2 aliphatic rings. The third kappa shape index (κ3) is 4.59. The summed E-state index contributed by atoms with van der Waals surface area (Å²) in [6.07, 6.45) is 1.60. The van der Waals surface area contributed by atoms with Crippen LogP contribution in [0.3, 0.4) is 0 Å². The summed E-state index contributed by atoms with van der Waals surface area (Å²) in [5, 5.41) is 14.0. The van der Waals surface area contributed by atoms with Gasteiger partial charge in [-0.1, -0.05) is 60.9 Å². The molecule has 32 heavy (non-hydrogen) atoms. The molecular weight excluding hydrogens is 408 g/mol. The van der Waals surface area contributed by atoms with Gasteiger partial charge in [0.2, 0.25) is 5.91 Å². The predicted octanol–water partition coefficient (Wildman–Crippen LogP) is 2.90. The lowest BCUT2D eigenvalue weighted by Crippen LogP contribution is -2.44. The van der Waals surface area contributed by atoms with E-state index < -0.39 is 12.1 Å². The number of carboxylic acid groups (broad SMARTS) is 1. The van der Waals surface area contributed by atoms with Crippen LogP contribution in [0.25, 0.3) is 11.1 Å². The Balaban J connectivity index is 1.34. The predicted molar refractivity (Wildman–Crippen MR) is 118 cm³/mol. The number of ether oxygens (including phenoxy) is 1. The fourth-order valence-corrected chi connectivity index (χ4v) is 4.62. The highest BCUT2D eigenvalue weighted by atomic mass is 16.5. The molecule has 7 nitrogen and oxygen atoms in total. The summed E-state index contributed by atoms with van der Waals surface area (Å²) in [5.41, 5.74) is 4.61. The monoisotopic (exact) mass is 432 g/mol. The number of amides is 2. The van der Waals surface area contributed by atoms with Gasteiger partial charge in [0.1, 0.15) is 6.61 Å². The second-order valence-corrected chi connectivity index (χ2v) is 7.94. The van der Waals surface area contributed by atoms with Gasteiger partial charge in [-0.3, -0.25) is 4.79 Å². The second-order valence-electron chi connectivity index (χ2n) is 7.94. The number of carboxylic acids is 1. The van der Waals surface area contributed by atoms with Gasteiger partial charge in [0.15, 0.2) is 0 Å². The molecule has 0 aliphatic heterocycles. The van der Waals surface area contributed by atoms with Crippen LogP contribution in [-0.2, 0) is 14.3 Å². The van der Waals surface area contributed by atoms with Gasteiger partial charge in [0.25, 0.3) is 0 Å². The molecule has 2 atom stereocenters. The number of nitrogens with one attached hydrogen (secondary N) is 2. The number of fused-ring (bicyclic) bond motifs is 3. The van der Waals surface area contributed by atoms with Crippen molar-refractivity contribution in [3.05, 3.63) is 59.7 Å². The van der Waals surface area contributed by atoms with Gasteiger partial charge in [-0.05, 0) is 35.1 Å². The second kappa shape index (κ2) is 9.56. The van der Waals surface area contributed by atoms with Crippen LogP contribution in [-0.4, -0.2) is 42.3 Å². The molecule has 7 heteroatoms. The van der Waals surface area contributed by atoms with Crippen LogP contribution in [0, 0.1) is 17.8 Å².